The van der Waals surface area contributed by atoms with Crippen LogP contribution in [0, 0.1) is 0 Å². The average Bonchev–Trinajstić information content (AvgIpc) is 2.39. The predicted molar refractivity (Wildman–Crippen MR) is 91.4 cm³/mol. The molecule has 0 saturated carbocycles. The Hall–Kier alpha value is -1.73. The second-order valence-electron chi connectivity index (χ2n) is 4.09. The SMILES string of the molecule is CC(=O)CCOC(=S)NCCc1ccccc1.NC(O)=S. The second-order valence-corrected chi connectivity index (χ2v) is 4.88. The molecule has 7 heteroatoms. The van der Waals surface area contributed by atoms with Crippen molar-refractivity contribution in [1.29, 1.82) is 0 Å². The molecule has 0 aliphatic heterocycles. The van der Waals surface area contributed by atoms with E-state index in [2.05, 4.69) is 35.4 Å². The number of carbonyl (C=O) groups excluding carboxylic acids is 1. The van der Waals surface area contributed by atoms with Crippen LogP contribution in [0.3, 0.4) is 0 Å². The Kier molecular flexibility index (Phi) is 11.1. The van der Waals surface area contributed by atoms with Gasteiger partial charge in [-0.05, 0) is 43.3 Å². The largest absolute Gasteiger partial charge is 0.487 e. The third-order valence-electron chi connectivity index (χ3n) is 2.21. The van der Waals surface area contributed by atoms with Gasteiger partial charge in [-0.15, -0.1) is 0 Å². The first-order valence-electron chi connectivity index (χ1n) is 6.34. The third kappa shape index (κ3) is 14.5. The Balaban J connectivity index is 0.000000885. The number of rotatable bonds is 6. The number of aliphatic hydroxyl groups excluding tert-OH is 1. The molecule has 0 bridgehead atoms. The van der Waals surface area contributed by atoms with Gasteiger partial charge in [-0.25, -0.2) is 0 Å². The molecule has 0 aliphatic rings. The molecule has 0 amide bonds. The van der Waals surface area contributed by atoms with Crippen LogP contribution in [0.1, 0.15) is 18.9 Å². The van der Waals surface area contributed by atoms with Crippen molar-refractivity contribution in [3.8, 4) is 0 Å². The molecule has 0 radical (unpaired) electrons. The van der Waals surface area contributed by atoms with Crippen molar-refractivity contribution in [2.45, 2.75) is 19.8 Å². The molecular weight excluding hydrogens is 308 g/mol. The molecule has 0 aliphatic carbocycles. The summed E-state index contributed by atoms with van der Waals surface area (Å²) in [6.45, 7) is 2.63. The van der Waals surface area contributed by atoms with Crippen LogP contribution in [0.15, 0.2) is 30.3 Å². The van der Waals surface area contributed by atoms with Gasteiger partial charge in [0.1, 0.15) is 5.78 Å². The zero-order valence-electron chi connectivity index (χ0n) is 11.9. The molecule has 21 heavy (non-hydrogen) atoms. The molecule has 4 N–H and O–H groups in total. The van der Waals surface area contributed by atoms with E-state index in [4.69, 9.17) is 22.1 Å². The number of nitrogens with two attached hydrogens (primary N) is 1. The first-order chi connectivity index (χ1) is 9.91. The third-order valence-corrected chi connectivity index (χ3v) is 2.48. The highest BCUT2D eigenvalue weighted by Gasteiger charge is 1.98. The van der Waals surface area contributed by atoms with Crippen LogP contribution >= 0.6 is 24.4 Å². The highest BCUT2D eigenvalue weighted by atomic mass is 32.1. The maximum Gasteiger partial charge on any atom is 0.256 e. The molecule has 1 aromatic rings. The Labute approximate surface area is 135 Å². The van der Waals surface area contributed by atoms with Crippen LogP contribution in [-0.2, 0) is 16.0 Å². The van der Waals surface area contributed by atoms with Crippen LogP contribution in [0.2, 0.25) is 0 Å². The Bertz CT molecular complexity index is 449. The van der Waals surface area contributed by atoms with E-state index in [1.807, 2.05) is 18.2 Å². The lowest BCUT2D eigenvalue weighted by molar-refractivity contribution is -0.117. The standard InChI is InChI=1S/C13H17NO2S.CH3NOS/c1-11(15)8-10-16-13(17)14-9-7-12-5-3-2-4-6-12;2-1(3)4/h2-6H,7-10H2,1H3,(H,14,17);(H3,2,3,4). The number of nitrogens with one attached hydrogen (secondary N) is 1. The number of benzene rings is 1. The summed E-state index contributed by atoms with van der Waals surface area (Å²) in [5.41, 5.74) is 5.65. The minimum Gasteiger partial charge on any atom is -0.487 e. The van der Waals surface area contributed by atoms with Crippen LogP contribution in [0.4, 0.5) is 0 Å². The van der Waals surface area contributed by atoms with Gasteiger partial charge in [0.2, 0.25) is 0 Å². The molecule has 0 unspecified atom stereocenters. The van der Waals surface area contributed by atoms with Gasteiger partial charge < -0.3 is 20.9 Å². The monoisotopic (exact) mass is 328 g/mol. The van der Waals surface area contributed by atoms with Crippen molar-refractivity contribution in [2.75, 3.05) is 13.2 Å². The van der Waals surface area contributed by atoms with Crippen molar-refractivity contribution in [1.82, 2.24) is 5.32 Å². The number of thiocarbonyl (C=S) groups is 2. The molecule has 116 valence electrons. The fourth-order valence-corrected chi connectivity index (χ4v) is 1.48. The van der Waals surface area contributed by atoms with E-state index in [9.17, 15) is 4.79 Å². The average molecular weight is 328 g/mol. The quantitative estimate of drug-likeness (QED) is 0.688. The van der Waals surface area contributed by atoms with Gasteiger partial charge in [0.25, 0.3) is 10.3 Å². The molecule has 0 atom stereocenters. The number of hydrogen-bond acceptors (Lipinski definition) is 4. The molecule has 0 fully saturated rings. The van der Waals surface area contributed by atoms with Crippen LogP contribution < -0.4 is 11.1 Å². The molecule has 0 saturated heterocycles. The zero-order valence-corrected chi connectivity index (χ0v) is 13.5. The first-order valence-corrected chi connectivity index (χ1v) is 7.16. The minimum atomic E-state index is -0.500. The first kappa shape index (κ1) is 19.3. The fraction of sp³-hybridized carbons (Fsp3) is 0.357. The summed E-state index contributed by atoms with van der Waals surface area (Å²) in [5.74, 6) is 0.108. The number of aliphatic hydroxyl groups is 1. The Morgan fingerprint density at radius 2 is 1.90 bits per heavy atom. The number of ketones is 1. The van der Waals surface area contributed by atoms with Crippen LogP contribution in [0.25, 0.3) is 0 Å². The molecule has 0 heterocycles. The topological polar surface area (TPSA) is 84.6 Å². The number of hydrogen-bond donors (Lipinski definition) is 3. The van der Waals surface area contributed by atoms with E-state index in [0.717, 1.165) is 13.0 Å². The van der Waals surface area contributed by atoms with Gasteiger partial charge >= 0.3 is 0 Å². The molecule has 0 aromatic heterocycles. The summed E-state index contributed by atoms with van der Waals surface area (Å²) in [7, 11) is 0. The normalized spacial score (nSPS) is 9.00. The summed E-state index contributed by atoms with van der Waals surface area (Å²) >= 11 is 8.85. The molecule has 0 spiro atoms. The van der Waals surface area contributed by atoms with E-state index >= 15 is 0 Å². The maximum atomic E-state index is 10.7. The van der Waals surface area contributed by atoms with Crippen molar-refractivity contribution >= 4 is 40.6 Å². The van der Waals surface area contributed by atoms with E-state index in [1.165, 1.54) is 12.5 Å². The summed E-state index contributed by atoms with van der Waals surface area (Å²) in [6, 6.07) is 10.2. The lowest BCUT2D eigenvalue weighted by atomic mass is 10.2. The highest BCUT2D eigenvalue weighted by molar-refractivity contribution is 7.80. The van der Waals surface area contributed by atoms with E-state index in [0.29, 0.717) is 18.2 Å². The van der Waals surface area contributed by atoms with Gasteiger partial charge in [-0.2, -0.15) is 0 Å². The van der Waals surface area contributed by atoms with Crippen molar-refractivity contribution in [3.63, 3.8) is 0 Å². The van der Waals surface area contributed by atoms with Crippen LogP contribution in [0.5, 0.6) is 0 Å². The Morgan fingerprint density at radius 3 is 2.43 bits per heavy atom. The van der Waals surface area contributed by atoms with Gasteiger partial charge in [0, 0.05) is 13.0 Å². The summed E-state index contributed by atoms with van der Waals surface area (Å²) in [5, 5.41) is 10.4. The molecule has 1 rings (SSSR count). The highest BCUT2D eigenvalue weighted by Crippen LogP contribution is 1.98. The van der Waals surface area contributed by atoms with E-state index in [1.54, 1.807) is 0 Å². The lowest BCUT2D eigenvalue weighted by Gasteiger charge is -2.08. The van der Waals surface area contributed by atoms with Crippen molar-refractivity contribution in [3.05, 3.63) is 35.9 Å². The fourth-order valence-electron chi connectivity index (χ4n) is 1.29. The predicted octanol–water partition coefficient (Wildman–Crippen LogP) is 1.89. The summed E-state index contributed by atoms with van der Waals surface area (Å²) in [6.07, 6.45) is 1.30. The summed E-state index contributed by atoms with van der Waals surface area (Å²) in [4.78, 5) is 10.7. The van der Waals surface area contributed by atoms with E-state index < -0.39 is 5.17 Å². The minimum absolute atomic E-state index is 0.108. The lowest BCUT2D eigenvalue weighted by Crippen LogP contribution is -2.26. The zero-order chi connectivity index (χ0) is 16.1. The van der Waals surface area contributed by atoms with E-state index in [-0.39, 0.29) is 5.78 Å². The van der Waals surface area contributed by atoms with Gasteiger partial charge in [-0.3, -0.25) is 4.79 Å². The number of carbonyl (C=O) groups is 1. The summed E-state index contributed by atoms with van der Waals surface area (Å²) < 4.78 is 5.19. The van der Waals surface area contributed by atoms with Crippen LogP contribution in [-0.4, -0.2) is 34.4 Å². The van der Waals surface area contributed by atoms with Crippen molar-refractivity contribution in [2.24, 2.45) is 5.73 Å². The number of ether oxygens (including phenoxy) is 1. The molecule has 5 nitrogen and oxygen atoms in total. The Morgan fingerprint density at radius 1 is 1.33 bits per heavy atom. The van der Waals surface area contributed by atoms with Gasteiger partial charge in [-0.1, -0.05) is 30.3 Å². The second kappa shape index (κ2) is 12.0. The maximum absolute atomic E-state index is 10.7. The molecular formula is C14H20N2O3S2. The number of Topliss-reactive ketones (excluding diaryl/α,β-unsaturated/α-hetero) is 1. The van der Waals surface area contributed by atoms with Gasteiger partial charge in [0.15, 0.2) is 0 Å². The molecule has 1 aromatic carbocycles. The smallest absolute Gasteiger partial charge is 0.256 e. The van der Waals surface area contributed by atoms with Crippen molar-refractivity contribution < 1.29 is 14.6 Å². The van der Waals surface area contributed by atoms with Gasteiger partial charge in [0.05, 0.1) is 6.61 Å².